The first-order chi connectivity index (χ1) is 18.0. The van der Waals surface area contributed by atoms with E-state index in [0.29, 0.717) is 22.2 Å². The average Bonchev–Trinajstić information content (AvgIpc) is 2.86. The number of nitrogens with zero attached hydrogens (tertiary/aromatic N) is 2. The summed E-state index contributed by atoms with van der Waals surface area (Å²) in [5, 5.41) is 3.68. The molecule has 1 N–H and O–H groups in total. The molecule has 0 radical (unpaired) electrons. The van der Waals surface area contributed by atoms with Crippen molar-refractivity contribution in [3.8, 4) is 0 Å². The van der Waals surface area contributed by atoms with Crippen LogP contribution in [0.3, 0.4) is 0 Å². The zero-order chi connectivity index (χ0) is 27.9. The molecule has 1 atom stereocenters. The van der Waals surface area contributed by atoms with Gasteiger partial charge in [-0.25, -0.2) is 8.42 Å². The summed E-state index contributed by atoms with van der Waals surface area (Å²) in [6, 6.07) is 20.3. The Labute approximate surface area is 234 Å². The molecule has 2 amide bonds. The van der Waals surface area contributed by atoms with Crippen molar-refractivity contribution in [3.63, 3.8) is 0 Å². The van der Waals surface area contributed by atoms with Crippen LogP contribution < -0.4 is 9.62 Å². The number of rotatable bonds is 11. The zero-order valence-electron chi connectivity index (χ0n) is 21.5. The number of carbonyl (C=O) groups excluding carboxylic acids is 2. The van der Waals surface area contributed by atoms with E-state index in [-0.39, 0.29) is 24.6 Å². The van der Waals surface area contributed by atoms with Gasteiger partial charge in [0.2, 0.25) is 21.8 Å². The summed E-state index contributed by atoms with van der Waals surface area (Å²) in [7, 11) is -3.87. The van der Waals surface area contributed by atoms with E-state index < -0.39 is 28.5 Å². The van der Waals surface area contributed by atoms with Crippen LogP contribution >= 0.6 is 23.2 Å². The van der Waals surface area contributed by atoms with Gasteiger partial charge in [0.1, 0.15) is 12.6 Å². The quantitative estimate of drug-likeness (QED) is 0.354. The number of aryl methyl sites for hydroxylation is 1. The Bertz CT molecular complexity index is 1380. The van der Waals surface area contributed by atoms with Crippen molar-refractivity contribution in [2.24, 2.45) is 0 Å². The lowest BCUT2D eigenvalue weighted by Gasteiger charge is -2.33. The Morgan fingerprint density at radius 1 is 0.947 bits per heavy atom. The van der Waals surface area contributed by atoms with Gasteiger partial charge in [-0.15, -0.1) is 0 Å². The summed E-state index contributed by atoms with van der Waals surface area (Å²) >= 11 is 12.5. The van der Waals surface area contributed by atoms with E-state index in [1.165, 1.54) is 11.0 Å². The van der Waals surface area contributed by atoms with Crippen LogP contribution in [0, 0.1) is 6.92 Å². The second-order valence-electron chi connectivity index (χ2n) is 8.95. The first kappa shape index (κ1) is 29.5. The molecule has 202 valence electrons. The number of hydrogen-bond donors (Lipinski definition) is 1. The van der Waals surface area contributed by atoms with Crippen molar-refractivity contribution in [2.75, 3.05) is 23.7 Å². The molecule has 0 heterocycles. The minimum atomic E-state index is -3.87. The number of hydrogen-bond acceptors (Lipinski definition) is 4. The molecular weight excluding hydrogens is 545 g/mol. The van der Waals surface area contributed by atoms with Crippen LogP contribution in [0.5, 0.6) is 0 Å². The standard InChI is InChI=1S/C28H31Cl2N3O4S/c1-4-31-28(35)26(16-21-9-6-5-7-10-21)32(18-22-11-8-12-23(29)15-22)27(34)19-33(38(3,36)37)24-14-13-20(2)25(30)17-24/h5-15,17,26H,4,16,18-19H2,1-3H3,(H,31,35)/t26-/m1/s1. The molecule has 3 aromatic rings. The van der Waals surface area contributed by atoms with Crippen molar-refractivity contribution < 1.29 is 18.0 Å². The highest BCUT2D eigenvalue weighted by Gasteiger charge is 2.33. The fraction of sp³-hybridized carbons (Fsp3) is 0.286. The predicted molar refractivity (Wildman–Crippen MR) is 153 cm³/mol. The highest BCUT2D eigenvalue weighted by atomic mass is 35.5. The van der Waals surface area contributed by atoms with E-state index in [9.17, 15) is 18.0 Å². The molecule has 0 bridgehead atoms. The van der Waals surface area contributed by atoms with Crippen LogP contribution in [0.2, 0.25) is 10.0 Å². The van der Waals surface area contributed by atoms with Crippen LogP contribution in [0.25, 0.3) is 0 Å². The Morgan fingerprint density at radius 3 is 2.24 bits per heavy atom. The van der Waals surface area contributed by atoms with E-state index in [4.69, 9.17) is 23.2 Å². The van der Waals surface area contributed by atoms with Gasteiger partial charge in [-0.2, -0.15) is 0 Å². The van der Waals surface area contributed by atoms with Gasteiger partial charge in [-0.3, -0.25) is 13.9 Å². The molecule has 0 aliphatic heterocycles. The molecule has 0 unspecified atom stereocenters. The van der Waals surface area contributed by atoms with Gasteiger partial charge in [0.25, 0.3) is 0 Å². The Hall–Kier alpha value is -3.07. The normalized spacial score (nSPS) is 12.0. The molecular formula is C28H31Cl2N3O4S. The van der Waals surface area contributed by atoms with Crippen molar-refractivity contribution >= 4 is 50.7 Å². The Morgan fingerprint density at radius 2 is 1.63 bits per heavy atom. The third-order valence-corrected chi connectivity index (χ3v) is 7.77. The number of sulfonamides is 1. The molecule has 0 spiro atoms. The maximum Gasteiger partial charge on any atom is 0.244 e. The van der Waals surface area contributed by atoms with Gasteiger partial charge in [0.05, 0.1) is 11.9 Å². The summed E-state index contributed by atoms with van der Waals surface area (Å²) < 4.78 is 26.6. The minimum absolute atomic E-state index is 0.0558. The molecule has 3 aromatic carbocycles. The van der Waals surface area contributed by atoms with Crippen LogP contribution in [0.15, 0.2) is 72.8 Å². The predicted octanol–water partition coefficient (Wildman–Crippen LogP) is 4.84. The molecule has 10 heteroatoms. The molecule has 3 rings (SSSR count). The van der Waals surface area contributed by atoms with Crippen LogP contribution in [-0.4, -0.2) is 50.5 Å². The van der Waals surface area contributed by atoms with E-state index in [2.05, 4.69) is 5.32 Å². The zero-order valence-corrected chi connectivity index (χ0v) is 23.9. The number of anilines is 1. The number of halogens is 2. The Balaban J connectivity index is 2.05. The molecule has 0 fully saturated rings. The average molecular weight is 577 g/mol. The van der Waals surface area contributed by atoms with Crippen molar-refractivity contribution in [1.29, 1.82) is 0 Å². The maximum absolute atomic E-state index is 13.9. The first-order valence-corrected chi connectivity index (χ1v) is 14.7. The van der Waals surface area contributed by atoms with Crippen molar-refractivity contribution in [2.45, 2.75) is 32.9 Å². The third-order valence-electron chi connectivity index (χ3n) is 5.99. The summed E-state index contributed by atoms with van der Waals surface area (Å²) in [5.74, 6) is -0.879. The van der Waals surface area contributed by atoms with E-state index in [0.717, 1.165) is 21.7 Å². The van der Waals surface area contributed by atoms with Gasteiger partial charge < -0.3 is 10.2 Å². The second-order valence-corrected chi connectivity index (χ2v) is 11.7. The molecule has 0 aliphatic rings. The van der Waals surface area contributed by atoms with Crippen molar-refractivity contribution in [1.82, 2.24) is 10.2 Å². The van der Waals surface area contributed by atoms with Gasteiger partial charge in [-0.05, 0) is 54.8 Å². The van der Waals surface area contributed by atoms with Crippen LogP contribution in [0.4, 0.5) is 5.69 Å². The smallest absolute Gasteiger partial charge is 0.244 e. The molecule has 0 saturated carbocycles. The lowest BCUT2D eigenvalue weighted by Crippen LogP contribution is -2.53. The topological polar surface area (TPSA) is 86.8 Å². The number of nitrogens with one attached hydrogen (secondary N) is 1. The fourth-order valence-corrected chi connectivity index (χ4v) is 5.26. The third kappa shape index (κ3) is 7.96. The number of benzene rings is 3. The number of carbonyl (C=O) groups is 2. The first-order valence-electron chi connectivity index (χ1n) is 12.1. The van der Waals surface area contributed by atoms with Gasteiger partial charge >= 0.3 is 0 Å². The highest BCUT2D eigenvalue weighted by molar-refractivity contribution is 7.92. The van der Waals surface area contributed by atoms with Gasteiger partial charge in [0.15, 0.2) is 0 Å². The van der Waals surface area contributed by atoms with Gasteiger partial charge in [0, 0.05) is 29.6 Å². The van der Waals surface area contributed by atoms with E-state index >= 15 is 0 Å². The SMILES string of the molecule is CCNC(=O)[C@@H](Cc1ccccc1)N(Cc1cccc(Cl)c1)C(=O)CN(c1ccc(C)c(Cl)c1)S(C)(=O)=O. The van der Waals surface area contributed by atoms with Crippen LogP contribution in [0.1, 0.15) is 23.6 Å². The van der Waals surface area contributed by atoms with E-state index in [1.54, 1.807) is 50.2 Å². The lowest BCUT2D eigenvalue weighted by atomic mass is 10.0. The number of amides is 2. The number of likely N-dealkylation sites (N-methyl/N-ethyl adjacent to an activating group) is 1. The highest BCUT2D eigenvalue weighted by Crippen LogP contribution is 2.26. The lowest BCUT2D eigenvalue weighted by molar-refractivity contribution is -0.140. The van der Waals surface area contributed by atoms with E-state index in [1.807, 2.05) is 30.3 Å². The Kier molecular flexibility index (Phi) is 10.2. The monoisotopic (exact) mass is 575 g/mol. The largest absolute Gasteiger partial charge is 0.355 e. The summed E-state index contributed by atoms with van der Waals surface area (Å²) in [6.07, 6.45) is 1.27. The second kappa shape index (κ2) is 13.1. The molecule has 0 aliphatic carbocycles. The van der Waals surface area contributed by atoms with Gasteiger partial charge in [-0.1, -0.05) is 71.7 Å². The molecule has 0 saturated heterocycles. The molecule has 7 nitrogen and oxygen atoms in total. The maximum atomic E-state index is 13.9. The summed E-state index contributed by atoms with van der Waals surface area (Å²) in [4.78, 5) is 28.6. The molecule has 0 aromatic heterocycles. The minimum Gasteiger partial charge on any atom is -0.355 e. The summed E-state index contributed by atoms with van der Waals surface area (Å²) in [6.45, 7) is 3.52. The van der Waals surface area contributed by atoms with Crippen molar-refractivity contribution in [3.05, 3.63) is 99.5 Å². The fourth-order valence-electron chi connectivity index (χ4n) is 4.03. The molecule has 38 heavy (non-hydrogen) atoms. The summed E-state index contributed by atoms with van der Waals surface area (Å²) in [5.41, 5.74) is 2.60. The van der Waals surface area contributed by atoms with Crippen LogP contribution in [-0.2, 0) is 32.6 Å².